The van der Waals surface area contributed by atoms with Crippen LogP contribution in [-0.4, -0.2) is 89.2 Å². The number of hydrogen-bond acceptors (Lipinski definition) is 9. The molecular weight excluding hydrogens is 827 g/mol. The first-order valence-electron chi connectivity index (χ1n) is 16.0. The van der Waals surface area contributed by atoms with Crippen molar-refractivity contribution in [3.63, 3.8) is 0 Å². The molecule has 2 aromatic carbocycles. The molecule has 17 heteroatoms. The molecule has 1 aliphatic heterocycles. The number of benzene rings is 2. The average molecular weight is 861 g/mol. The van der Waals surface area contributed by atoms with Crippen LogP contribution in [0, 0.1) is 5.92 Å². The van der Waals surface area contributed by atoms with Gasteiger partial charge in [-0.2, -0.15) is 19.2 Å². The number of anilines is 2. The summed E-state index contributed by atoms with van der Waals surface area (Å²) in [6.45, 7) is 2.05. The molecule has 6 N–H and O–H groups in total. The van der Waals surface area contributed by atoms with Crippen molar-refractivity contribution in [2.24, 2.45) is 11.7 Å². The Kier molecular flexibility index (Phi) is 12.0. The molecule has 1 aliphatic rings. The quantitative estimate of drug-likeness (QED) is 0.108. The first-order valence-corrected chi connectivity index (χ1v) is 18.4. The number of urea groups is 1. The average Bonchev–Trinajstić information content (AvgIpc) is 3.71. The number of carbonyl (C=O) groups is 1. The molecule has 4 aromatic heterocycles. The number of primary amides is 1. The highest BCUT2D eigenvalue weighted by molar-refractivity contribution is 9.11. The van der Waals surface area contributed by atoms with Crippen LogP contribution in [0.1, 0.15) is 12.8 Å². The lowest BCUT2D eigenvalue weighted by atomic mass is 9.97. The molecule has 6 aromatic rings. The van der Waals surface area contributed by atoms with E-state index in [0.717, 1.165) is 56.6 Å². The Bertz CT molecular complexity index is 2160. The number of halogens is 4. The molecule has 0 radical (unpaired) electrons. The van der Waals surface area contributed by atoms with Crippen molar-refractivity contribution in [3.8, 4) is 22.5 Å². The maximum Gasteiger partial charge on any atom is 0.314 e. The van der Waals surface area contributed by atoms with Crippen molar-refractivity contribution < 1.29 is 15.0 Å². The van der Waals surface area contributed by atoms with Crippen LogP contribution in [0.15, 0.2) is 82.0 Å². The topological polar surface area (TPSA) is 171 Å². The van der Waals surface area contributed by atoms with Crippen LogP contribution in [0.25, 0.3) is 33.8 Å². The van der Waals surface area contributed by atoms with Gasteiger partial charge in [0.1, 0.15) is 11.6 Å². The van der Waals surface area contributed by atoms with E-state index < -0.39 is 6.10 Å². The van der Waals surface area contributed by atoms with Gasteiger partial charge in [-0.1, -0.05) is 59.6 Å². The van der Waals surface area contributed by atoms with E-state index in [9.17, 15) is 9.90 Å². The molecule has 1 atom stereocenters. The second kappa shape index (κ2) is 16.6. The van der Waals surface area contributed by atoms with Gasteiger partial charge in [-0.05, 0) is 62.8 Å². The SMILES string of the molecule is NC(=O)N1CCC(CNc2cc(-c3ccccc3Cl)nc3c(Br)cnn23)CC1.OC[C@@H](O)CNc1cc(-c2ccccc2Cl)nc2c(Br)cnn12. The van der Waals surface area contributed by atoms with Crippen LogP contribution < -0.4 is 16.4 Å². The van der Waals surface area contributed by atoms with Crippen molar-refractivity contribution in [1.82, 2.24) is 34.1 Å². The zero-order valence-corrected chi connectivity index (χ0v) is 31.7. The Morgan fingerprint density at radius 1 is 0.863 bits per heavy atom. The van der Waals surface area contributed by atoms with Crippen LogP contribution in [0.3, 0.4) is 0 Å². The molecular formula is C34H34Br2Cl2N10O3. The Morgan fingerprint density at radius 2 is 1.35 bits per heavy atom. The number of amides is 2. The second-order valence-electron chi connectivity index (χ2n) is 11.8. The summed E-state index contributed by atoms with van der Waals surface area (Å²) in [5.41, 5.74) is 9.86. The second-order valence-corrected chi connectivity index (χ2v) is 14.4. The monoisotopic (exact) mass is 858 g/mol. The van der Waals surface area contributed by atoms with Crippen molar-refractivity contribution in [1.29, 1.82) is 0 Å². The third-order valence-electron chi connectivity index (χ3n) is 8.38. The lowest BCUT2D eigenvalue weighted by Gasteiger charge is -2.31. The number of carbonyl (C=O) groups excluding carboxylic acids is 1. The van der Waals surface area contributed by atoms with Gasteiger partial charge in [-0.15, -0.1) is 0 Å². The molecule has 7 rings (SSSR count). The van der Waals surface area contributed by atoms with Crippen LogP contribution in [-0.2, 0) is 0 Å². The normalized spacial score (nSPS) is 14.0. The Balaban J connectivity index is 0.000000179. The van der Waals surface area contributed by atoms with Gasteiger partial charge in [0.2, 0.25) is 0 Å². The number of nitrogens with two attached hydrogens (primary N) is 1. The predicted octanol–water partition coefficient (Wildman–Crippen LogP) is 6.59. The summed E-state index contributed by atoms with van der Waals surface area (Å²) in [7, 11) is 0. The summed E-state index contributed by atoms with van der Waals surface area (Å²) < 4.78 is 4.97. The first kappa shape index (κ1) is 36.8. The molecule has 2 amide bonds. The summed E-state index contributed by atoms with van der Waals surface area (Å²) in [5, 5.41) is 35.0. The third-order valence-corrected chi connectivity index (χ3v) is 10.2. The van der Waals surface area contributed by atoms with Crippen LogP contribution in [0.2, 0.25) is 10.0 Å². The lowest BCUT2D eigenvalue weighted by Crippen LogP contribution is -2.42. The van der Waals surface area contributed by atoms with Crippen LogP contribution >= 0.6 is 55.1 Å². The van der Waals surface area contributed by atoms with Crippen LogP contribution in [0.4, 0.5) is 16.4 Å². The first-order chi connectivity index (χ1) is 24.6. The molecule has 51 heavy (non-hydrogen) atoms. The molecule has 0 spiro atoms. The number of hydrogen-bond donors (Lipinski definition) is 5. The fraction of sp³-hybridized carbons (Fsp3) is 0.265. The van der Waals surface area contributed by atoms with Crippen LogP contribution in [0.5, 0.6) is 0 Å². The Labute approximate surface area is 320 Å². The predicted molar refractivity (Wildman–Crippen MR) is 206 cm³/mol. The van der Waals surface area contributed by atoms with E-state index in [1.54, 1.807) is 38.5 Å². The summed E-state index contributed by atoms with van der Waals surface area (Å²) in [5.74, 6) is 1.95. The molecule has 0 unspecified atom stereocenters. The highest BCUT2D eigenvalue weighted by Gasteiger charge is 2.22. The van der Waals surface area contributed by atoms with E-state index in [-0.39, 0.29) is 19.2 Å². The van der Waals surface area contributed by atoms with E-state index in [1.165, 1.54) is 0 Å². The van der Waals surface area contributed by atoms with Gasteiger partial charge in [0, 0.05) is 59.5 Å². The molecule has 13 nitrogen and oxygen atoms in total. The Morgan fingerprint density at radius 3 is 1.82 bits per heavy atom. The third kappa shape index (κ3) is 8.56. The molecule has 0 bridgehead atoms. The maximum atomic E-state index is 11.3. The van der Waals surface area contributed by atoms with Gasteiger partial charge < -0.3 is 31.5 Å². The minimum absolute atomic E-state index is 0.190. The number of fused-ring (bicyclic) bond motifs is 2. The molecule has 5 heterocycles. The summed E-state index contributed by atoms with van der Waals surface area (Å²) >= 11 is 19.6. The fourth-order valence-electron chi connectivity index (χ4n) is 5.63. The number of nitrogens with one attached hydrogen (secondary N) is 2. The minimum Gasteiger partial charge on any atom is -0.394 e. The highest BCUT2D eigenvalue weighted by Crippen LogP contribution is 2.32. The standard InChI is InChI=1S/C19H20BrClN6O.C15H14BrClN4O2/c20-14-11-24-27-17(23-10-12-5-7-26(8-6-12)19(22)28)9-16(25-18(14)27)13-3-1-2-4-15(13)21;16-11-7-19-21-14(18-6-9(23)8-22)5-13(20-15(11)21)10-3-1-2-4-12(10)17/h1-4,9,11-12,23H,5-8,10H2,(H2,22,28);1-5,7,9,18,22-23H,6,8H2/t;9-/m.0/s1. The number of aliphatic hydroxyl groups is 2. The number of nitrogens with zero attached hydrogens (tertiary/aromatic N) is 7. The van der Waals surface area contributed by atoms with E-state index in [4.69, 9.17) is 39.0 Å². The molecule has 0 aliphatic carbocycles. The minimum atomic E-state index is -0.860. The van der Waals surface area contributed by atoms with Gasteiger partial charge >= 0.3 is 6.03 Å². The zero-order valence-electron chi connectivity index (χ0n) is 27.1. The molecule has 1 fully saturated rings. The van der Waals surface area contributed by atoms with E-state index in [1.807, 2.05) is 48.5 Å². The summed E-state index contributed by atoms with van der Waals surface area (Å²) in [6, 6.07) is 18.5. The fourth-order valence-corrected chi connectivity index (χ4v) is 6.79. The number of rotatable bonds is 9. The van der Waals surface area contributed by atoms with E-state index >= 15 is 0 Å². The zero-order chi connectivity index (χ0) is 36.1. The molecule has 266 valence electrons. The number of aliphatic hydroxyl groups excluding tert-OH is 2. The largest absolute Gasteiger partial charge is 0.394 e. The van der Waals surface area contributed by atoms with Gasteiger partial charge in [0.15, 0.2) is 11.3 Å². The smallest absolute Gasteiger partial charge is 0.314 e. The number of likely N-dealkylation sites (tertiary alicyclic amines) is 1. The van der Waals surface area contributed by atoms with E-state index in [2.05, 4.69) is 57.7 Å². The summed E-state index contributed by atoms with van der Waals surface area (Å²) in [4.78, 5) is 22.3. The summed E-state index contributed by atoms with van der Waals surface area (Å²) in [6.07, 6.45) is 4.36. The number of piperidine rings is 1. The van der Waals surface area contributed by atoms with E-state index in [0.29, 0.717) is 46.2 Å². The van der Waals surface area contributed by atoms with Gasteiger partial charge in [-0.3, -0.25) is 0 Å². The van der Waals surface area contributed by atoms with Crippen molar-refractivity contribution >= 4 is 84.0 Å². The van der Waals surface area contributed by atoms with Crippen molar-refractivity contribution in [2.75, 3.05) is 43.4 Å². The van der Waals surface area contributed by atoms with Gasteiger partial charge in [0.05, 0.1) is 45.4 Å². The van der Waals surface area contributed by atoms with Crippen molar-refractivity contribution in [2.45, 2.75) is 18.9 Å². The lowest BCUT2D eigenvalue weighted by molar-refractivity contribution is 0.105. The van der Waals surface area contributed by atoms with Crippen molar-refractivity contribution in [3.05, 3.63) is 92.0 Å². The Hall–Kier alpha value is -3.99. The highest BCUT2D eigenvalue weighted by atomic mass is 79.9. The molecule has 1 saturated heterocycles. The maximum absolute atomic E-state index is 11.3. The van der Waals surface area contributed by atoms with Gasteiger partial charge in [0.25, 0.3) is 0 Å². The molecule has 0 saturated carbocycles. The number of aromatic nitrogens is 6. The van der Waals surface area contributed by atoms with Gasteiger partial charge in [-0.25, -0.2) is 14.8 Å².